The second-order valence-corrected chi connectivity index (χ2v) is 2.85. The van der Waals surface area contributed by atoms with E-state index in [1.807, 2.05) is 6.08 Å². The molecule has 2 heteroatoms. The molecule has 62 valence electrons. The summed E-state index contributed by atoms with van der Waals surface area (Å²) in [6.07, 6.45) is 8.38. The van der Waals surface area contributed by atoms with Crippen LogP contribution < -0.4 is 0 Å². The van der Waals surface area contributed by atoms with Crippen LogP contribution in [0.1, 0.15) is 32.1 Å². The Kier molecular flexibility index (Phi) is 3.73. The maximum absolute atomic E-state index is 9.80. The standard InChI is InChI=1S/C9H14O2/c10-8-11-7-6-9-4-2-1-3-5-9/h6,8H,1-5,7H2. The van der Waals surface area contributed by atoms with Gasteiger partial charge in [0.05, 0.1) is 0 Å². The Labute approximate surface area is 67.2 Å². The van der Waals surface area contributed by atoms with E-state index in [1.165, 1.54) is 37.7 Å². The Morgan fingerprint density at radius 2 is 2.00 bits per heavy atom. The fourth-order valence-electron chi connectivity index (χ4n) is 1.42. The molecule has 11 heavy (non-hydrogen) atoms. The summed E-state index contributed by atoms with van der Waals surface area (Å²) >= 11 is 0. The van der Waals surface area contributed by atoms with Crippen molar-refractivity contribution in [2.45, 2.75) is 32.1 Å². The Morgan fingerprint density at radius 3 is 2.64 bits per heavy atom. The fraction of sp³-hybridized carbons (Fsp3) is 0.667. The minimum Gasteiger partial charge on any atom is -0.464 e. The van der Waals surface area contributed by atoms with Crippen molar-refractivity contribution in [1.29, 1.82) is 0 Å². The van der Waals surface area contributed by atoms with Gasteiger partial charge in [0.2, 0.25) is 0 Å². The monoisotopic (exact) mass is 154 g/mol. The Hall–Kier alpha value is -0.790. The second kappa shape index (κ2) is 4.94. The van der Waals surface area contributed by atoms with Crippen molar-refractivity contribution in [3.05, 3.63) is 11.6 Å². The lowest BCUT2D eigenvalue weighted by Gasteiger charge is -2.12. The third kappa shape index (κ3) is 3.21. The van der Waals surface area contributed by atoms with Crippen LogP contribution in [0.5, 0.6) is 0 Å². The number of hydrogen-bond donors (Lipinski definition) is 0. The van der Waals surface area contributed by atoms with Gasteiger partial charge >= 0.3 is 0 Å². The molecule has 0 saturated heterocycles. The number of ether oxygens (including phenoxy) is 1. The van der Waals surface area contributed by atoms with E-state index in [4.69, 9.17) is 0 Å². The number of carbonyl (C=O) groups is 1. The molecule has 1 rings (SSSR count). The van der Waals surface area contributed by atoms with Gasteiger partial charge in [-0.1, -0.05) is 12.0 Å². The van der Waals surface area contributed by atoms with E-state index in [1.54, 1.807) is 0 Å². The summed E-state index contributed by atoms with van der Waals surface area (Å²) in [6.45, 7) is 0.957. The van der Waals surface area contributed by atoms with Crippen molar-refractivity contribution in [3.8, 4) is 0 Å². The van der Waals surface area contributed by atoms with Crippen LogP contribution in [-0.2, 0) is 9.53 Å². The van der Waals surface area contributed by atoms with E-state index in [2.05, 4.69) is 4.74 Å². The number of carbonyl (C=O) groups excluding carboxylic acids is 1. The molecule has 1 aliphatic carbocycles. The highest BCUT2D eigenvalue weighted by Crippen LogP contribution is 2.22. The van der Waals surface area contributed by atoms with Gasteiger partial charge in [-0.15, -0.1) is 0 Å². The minimum absolute atomic E-state index is 0.457. The van der Waals surface area contributed by atoms with Gasteiger partial charge < -0.3 is 4.74 Å². The highest BCUT2D eigenvalue weighted by molar-refractivity contribution is 5.37. The van der Waals surface area contributed by atoms with Crippen molar-refractivity contribution >= 4 is 6.47 Å². The Morgan fingerprint density at radius 1 is 1.27 bits per heavy atom. The predicted molar refractivity (Wildman–Crippen MR) is 43.2 cm³/mol. The molecule has 0 amide bonds. The summed E-state index contributed by atoms with van der Waals surface area (Å²) in [5.41, 5.74) is 1.46. The molecule has 1 saturated carbocycles. The molecule has 2 nitrogen and oxygen atoms in total. The van der Waals surface area contributed by atoms with E-state index in [0.29, 0.717) is 13.1 Å². The molecule has 0 heterocycles. The van der Waals surface area contributed by atoms with Crippen LogP contribution in [0.4, 0.5) is 0 Å². The number of hydrogen-bond acceptors (Lipinski definition) is 2. The topological polar surface area (TPSA) is 26.3 Å². The normalized spacial score (nSPS) is 17.6. The van der Waals surface area contributed by atoms with Crippen LogP contribution in [0.25, 0.3) is 0 Å². The Balaban J connectivity index is 2.20. The van der Waals surface area contributed by atoms with Crippen LogP contribution in [-0.4, -0.2) is 13.1 Å². The van der Waals surface area contributed by atoms with Crippen molar-refractivity contribution in [2.24, 2.45) is 0 Å². The summed E-state index contributed by atoms with van der Waals surface area (Å²) in [4.78, 5) is 9.80. The number of rotatable bonds is 3. The molecule has 0 radical (unpaired) electrons. The first-order valence-corrected chi connectivity index (χ1v) is 4.16. The zero-order chi connectivity index (χ0) is 7.94. The summed E-state index contributed by atoms with van der Waals surface area (Å²) in [6, 6.07) is 0. The molecule has 0 N–H and O–H groups in total. The highest BCUT2D eigenvalue weighted by atomic mass is 16.5. The first-order valence-electron chi connectivity index (χ1n) is 4.16. The van der Waals surface area contributed by atoms with Gasteiger partial charge in [0.1, 0.15) is 6.61 Å². The molecule has 0 atom stereocenters. The number of allylic oxidation sites excluding steroid dienone is 1. The van der Waals surface area contributed by atoms with E-state index in [0.717, 1.165) is 0 Å². The van der Waals surface area contributed by atoms with Crippen LogP contribution >= 0.6 is 0 Å². The van der Waals surface area contributed by atoms with Gasteiger partial charge in [-0.25, -0.2) is 0 Å². The molecule has 0 spiro atoms. The molecule has 0 unspecified atom stereocenters. The molecule has 0 aromatic heterocycles. The molecule has 0 aliphatic heterocycles. The molecule has 0 bridgehead atoms. The average Bonchev–Trinajstić information content (AvgIpc) is 2.07. The van der Waals surface area contributed by atoms with Gasteiger partial charge in [0.25, 0.3) is 6.47 Å². The average molecular weight is 154 g/mol. The smallest absolute Gasteiger partial charge is 0.293 e. The van der Waals surface area contributed by atoms with Gasteiger partial charge in [0, 0.05) is 0 Å². The Bertz CT molecular complexity index is 142. The summed E-state index contributed by atoms with van der Waals surface area (Å²) < 4.78 is 4.58. The van der Waals surface area contributed by atoms with Gasteiger partial charge in [0.15, 0.2) is 0 Å². The molecular weight excluding hydrogens is 140 g/mol. The first-order chi connectivity index (χ1) is 5.43. The van der Waals surface area contributed by atoms with E-state index in [9.17, 15) is 4.79 Å². The first kappa shape index (κ1) is 8.31. The van der Waals surface area contributed by atoms with Crippen LogP contribution in [0.3, 0.4) is 0 Å². The van der Waals surface area contributed by atoms with Gasteiger partial charge in [-0.3, -0.25) is 4.79 Å². The molecule has 1 aliphatic rings. The largest absolute Gasteiger partial charge is 0.464 e. The molecule has 1 fully saturated rings. The van der Waals surface area contributed by atoms with Crippen LogP contribution in [0.15, 0.2) is 11.6 Å². The minimum atomic E-state index is 0.457. The van der Waals surface area contributed by atoms with Crippen molar-refractivity contribution in [1.82, 2.24) is 0 Å². The van der Waals surface area contributed by atoms with E-state index < -0.39 is 0 Å². The van der Waals surface area contributed by atoms with E-state index >= 15 is 0 Å². The van der Waals surface area contributed by atoms with E-state index in [-0.39, 0.29) is 0 Å². The summed E-state index contributed by atoms with van der Waals surface area (Å²) in [5, 5.41) is 0. The third-order valence-electron chi connectivity index (χ3n) is 2.03. The zero-order valence-corrected chi connectivity index (χ0v) is 6.71. The van der Waals surface area contributed by atoms with Gasteiger partial charge in [-0.2, -0.15) is 0 Å². The highest BCUT2D eigenvalue weighted by Gasteiger charge is 2.03. The molecule has 0 aromatic carbocycles. The maximum Gasteiger partial charge on any atom is 0.293 e. The lowest BCUT2D eigenvalue weighted by molar-refractivity contribution is -0.127. The van der Waals surface area contributed by atoms with Crippen molar-refractivity contribution in [3.63, 3.8) is 0 Å². The fourth-order valence-corrected chi connectivity index (χ4v) is 1.42. The summed E-state index contributed by atoms with van der Waals surface area (Å²) in [5.74, 6) is 0. The predicted octanol–water partition coefficient (Wildman–Crippen LogP) is 2.05. The van der Waals surface area contributed by atoms with Crippen LogP contribution in [0, 0.1) is 0 Å². The third-order valence-corrected chi connectivity index (χ3v) is 2.03. The second-order valence-electron chi connectivity index (χ2n) is 2.85. The van der Waals surface area contributed by atoms with Gasteiger partial charge in [-0.05, 0) is 31.8 Å². The van der Waals surface area contributed by atoms with Crippen LogP contribution in [0.2, 0.25) is 0 Å². The quantitative estimate of drug-likeness (QED) is 0.353. The molecule has 0 aromatic rings. The lowest BCUT2D eigenvalue weighted by atomic mass is 9.95. The maximum atomic E-state index is 9.80. The van der Waals surface area contributed by atoms with Crippen molar-refractivity contribution in [2.75, 3.05) is 6.61 Å². The van der Waals surface area contributed by atoms with Crippen molar-refractivity contribution < 1.29 is 9.53 Å². The SMILES string of the molecule is O=COCC=C1CCCCC1. The summed E-state index contributed by atoms with van der Waals surface area (Å²) in [7, 11) is 0. The zero-order valence-electron chi connectivity index (χ0n) is 6.71. The molecular formula is C9H14O2. The lowest BCUT2D eigenvalue weighted by Crippen LogP contribution is -1.96.